The number of aliphatic hydroxyl groups is 1. The maximum atomic E-state index is 11.9. The van der Waals surface area contributed by atoms with Crippen LogP contribution >= 0.6 is 24.0 Å². The molecule has 1 amide bonds. The van der Waals surface area contributed by atoms with Crippen LogP contribution in [0.15, 0.2) is 35.3 Å². The molecule has 1 saturated heterocycles. The van der Waals surface area contributed by atoms with Crippen LogP contribution in [0.3, 0.4) is 0 Å². The molecule has 1 aromatic carbocycles. The number of likely N-dealkylation sites (tertiary alicyclic amines) is 1. The highest BCUT2D eigenvalue weighted by Crippen LogP contribution is 2.17. The Hall–Kier alpha value is -1.35. The van der Waals surface area contributed by atoms with Gasteiger partial charge in [-0.2, -0.15) is 0 Å². The topological polar surface area (TPSA) is 77.0 Å². The second-order valence-electron chi connectivity index (χ2n) is 6.71. The Labute approximate surface area is 179 Å². The Kier molecular flexibility index (Phi) is 11.3. The van der Waals surface area contributed by atoms with E-state index in [2.05, 4.69) is 22.5 Å². The first kappa shape index (κ1) is 23.7. The number of nitrogens with one attached hydrogen (secondary N) is 2. The molecule has 0 aliphatic carbocycles. The molecule has 2 rings (SSSR count). The largest absolute Gasteiger partial charge is 0.396 e. The molecule has 27 heavy (non-hydrogen) atoms. The first-order valence-electron chi connectivity index (χ1n) is 9.59. The maximum absolute atomic E-state index is 11.9. The molecule has 152 valence electrons. The van der Waals surface area contributed by atoms with Crippen LogP contribution in [0.5, 0.6) is 0 Å². The first-order chi connectivity index (χ1) is 12.7. The van der Waals surface area contributed by atoms with Gasteiger partial charge in [-0.15, -0.1) is 24.0 Å². The van der Waals surface area contributed by atoms with Gasteiger partial charge in [-0.05, 0) is 24.8 Å². The van der Waals surface area contributed by atoms with E-state index < -0.39 is 0 Å². The van der Waals surface area contributed by atoms with Crippen molar-refractivity contribution in [1.82, 2.24) is 15.5 Å². The Morgan fingerprint density at radius 3 is 2.59 bits per heavy atom. The molecule has 1 fully saturated rings. The smallest absolute Gasteiger partial charge is 0.222 e. The second kappa shape index (κ2) is 12.9. The van der Waals surface area contributed by atoms with Crippen molar-refractivity contribution < 1.29 is 9.90 Å². The van der Waals surface area contributed by atoms with E-state index in [1.165, 1.54) is 0 Å². The highest BCUT2D eigenvalue weighted by Gasteiger charge is 2.26. The summed E-state index contributed by atoms with van der Waals surface area (Å²) in [5.74, 6) is 1.04. The molecule has 0 bridgehead atoms. The first-order valence-corrected chi connectivity index (χ1v) is 9.59. The number of guanidine groups is 1. The number of rotatable bonds is 9. The lowest BCUT2D eigenvalue weighted by molar-refractivity contribution is -0.129. The van der Waals surface area contributed by atoms with Crippen LogP contribution in [0.1, 0.15) is 44.1 Å². The lowest BCUT2D eigenvalue weighted by atomic mass is 10.0. The van der Waals surface area contributed by atoms with Crippen LogP contribution in [0.2, 0.25) is 0 Å². The summed E-state index contributed by atoms with van der Waals surface area (Å²) in [6.07, 6.45) is 3.55. The van der Waals surface area contributed by atoms with E-state index in [4.69, 9.17) is 0 Å². The summed E-state index contributed by atoms with van der Waals surface area (Å²) >= 11 is 0. The Balaban J connectivity index is 0.00000364. The molecule has 0 radical (unpaired) electrons. The minimum atomic E-state index is 0. The fraction of sp³-hybridized carbons (Fsp3) is 0.600. The quantitative estimate of drug-likeness (QED) is 0.284. The van der Waals surface area contributed by atoms with Crippen molar-refractivity contribution in [3.05, 3.63) is 35.9 Å². The van der Waals surface area contributed by atoms with Crippen molar-refractivity contribution in [3.8, 4) is 0 Å². The van der Waals surface area contributed by atoms with Crippen LogP contribution in [0, 0.1) is 0 Å². The van der Waals surface area contributed by atoms with E-state index in [0.717, 1.165) is 43.9 Å². The molecule has 1 aliphatic rings. The average molecular weight is 488 g/mol. The van der Waals surface area contributed by atoms with Gasteiger partial charge in [-0.25, -0.2) is 0 Å². The van der Waals surface area contributed by atoms with Crippen LogP contribution in [-0.4, -0.2) is 61.2 Å². The normalized spacial score (nSPS) is 16.6. The Morgan fingerprint density at radius 2 is 2.04 bits per heavy atom. The molecule has 2 atom stereocenters. The summed E-state index contributed by atoms with van der Waals surface area (Å²) in [4.78, 5) is 18.2. The SMILES string of the molecule is CCC(CCNC(=NC)NCC(CO)c1ccccc1)N1CCCC1=O.I. The molecule has 1 aromatic rings. The molecule has 6 nitrogen and oxygen atoms in total. The van der Waals surface area contributed by atoms with Gasteiger partial charge in [0, 0.05) is 45.1 Å². The van der Waals surface area contributed by atoms with Crippen molar-refractivity contribution in [3.63, 3.8) is 0 Å². The fourth-order valence-corrected chi connectivity index (χ4v) is 3.45. The van der Waals surface area contributed by atoms with E-state index in [0.29, 0.717) is 19.0 Å². The molecule has 1 heterocycles. The zero-order valence-electron chi connectivity index (χ0n) is 16.4. The number of amides is 1. The van der Waals surface area contributed by atoms with Gasteiger partial charge in [0.1, 0.15) is 0 Å². The number of carbonyl (C=O) groups excluding carboxylic acids is 1. The van der Waals surface area contributed by atoms with E-state index in [9.17, 15) is 9.90 Å². The van der Waals surface area contributed by atoms with Gasteiger partial charge in [0.15, 0.2) is 5.96 Å². The molecule has 2 unspecified atom stereocenters. The summed E-state index contributed by atoms with van der Waals surface area (Å²) in [6, 6.07) is 10.3. The highest BCUT2D eigenvalue weighted by molar-refractivity contribution is 14.0. The van der Waals surface area contributed by atoms with Gasteiger partial charge in [-0.3, -0.25) is 9.79 Å². The van der Waals surface area contributed by atoms with Crippen LogP contribution in [-0.2, 0) is 4.79 Å². The summed E-state index contributed by atoms with van der Waals surface area (Å²) in [7, 11) is 1.74. The third kappa shape index (κ3) is 7.29. The molecule has 3 N–H and O–H groups in total. The molecular weight excluding hydrogens is 455 g/mol. The molecule has 0 saturated carbocycles. The fourth-order valence-electron chi connectivity index (χ4n) is 3.45. The van der Waals surface area contributed by atoms with Crippen molar-refractivity contribution in [1.29, 1.82) is 0 Å². The zero-order chi connectivity index (χ0) is 18.8. The number of benzene rings is 1. The van der Waals surface area contributed by atoms with Gasteiger partial charge >= 0.3 is 0 Å². The molecule has 0 aromatic heterocycles. The number of aliphatic hydroxyl groups excluding tert-OH is 1. The van der Waals surface area contributed by atoms with Crippen LogP contribution in [0.4, 0.5) is 0 Å². The van der Waals surface area contributed by atoms with Crippen LogP contribution < -0.4 is 10.6 Å². The van der Waals surface area contributed by atoms with E-state index >= 15 is 0 Å². The molecule has 7 heteroatoms. The van der Waals surface area contributed by atoms with E-state index in [1.807, 2.05) is 35.2 Å². The Morgan fingerprint density at radius 1 is 1.30 bits per heavy atom. The van der Waals surface area contributed by atoms with Crippen LogP contribution in [0.25, 0.3) is 0 Å². The van der Waals surface area contributed by atoms with Crippen molar-refractivity contribution >= 4 is 35.8 Å². The molecular formula is C20H33IN4O2. The van der Waals surface area contributed by atoms with Gasteiger partial charge in [0.05, 0.1) is 6.61 Å². The monoisotopic (exact) mass is 488 g/mol. The van der Waals surface area contributed by atoms with Crippen molar-refractivity contribution in [2.45, 2.75) is 44.6 Å². The summed E-state index contributed by atoms with van der Waals surface area (Å²) in [6.45, 7) is 4.48. The lowest BCUT2D eigenvalue weighted by Gasteiger charge is -2.27. The third-order valence-electron chi connectivity index (χ3n) is 5.02. The average Bonchev–Trinajstić information content (AvgIpc) is 3.10. The van der Waals surface area contributed by atoms with Gasteiger partial charge in [-0.1, -0.05) is 37.3 Å². The standard InChI is InChI=1S/C20H32N4O2.HI/c1-3-18(24-13-7-10-19(24)26)11-12-22-20(21-2)23-14-17(15-25)16-8-5-4-6-9-16;/h4-6,8-9,17-18,25H,3,7,10-15H2,1-2H3,(H2,21,22,23);1H. The highest BCUT2D eigenvalue weighted by atomic mass is 127. The number of nitrogens with zero attached hydrogens (tertiary/aromatic N) is 2. The Bertz CT molecular complexity index is 583. The number of carbonyl (C=O) groups is 1. The molecule has 1 aliphatic heterocycles. The summed E-state index contributed by atoms with van der Waals surface area (Å²) in [5, 5.41) is 16.3. The lowest BCUT2D eigenvalue weighted by Crippen LogP contribution is -2.43. The van der Waals surface area contributed by atoms with E-state index in [1.54, 1.807) is 7.05 Å². The molecule has 0 spiro atoms. The van der Waals surface area contributed by atoms with E-state index in [-0.39, 0.29) is 42.4 Å². The number of hydrogen-bond acceptors (Lipinski definition) is 3. The van der Waals surface area contributed by atoms with Gasteiger partial charge in [0.25, 0.3) is 0 Å². The maximum Gasteiger partial charge on any atom is 0.222 e. The second-order valence-corrected chi connectivity index (χ2v) is 6.71. The minimum absolute atomic E-state index is 0. The van der Waals surface area contributed by atoms with Crippen molar-refractivity contribution in [2.24, 2.45) is 4.99 Å². The van der Waals surface area contributed by atoms with Crippen molar-refractivity contribution in [2.75, 3.05) is 33.3 Å². The third-order valence-corrected chi connectivity index (χ3v) is 5.02. The number of hydrogen-bond donors (Lipinski definition) is 3. The summed E-state index contributed by atoms with van der Waals surface area (Å²) < 4.78 is 0. The summed E-state index contributed by atoms with van der Waals surface area (Å²) in [5.41, 5.74) is 1.11. The zero-order valence-corrected chi connectivity index (χ0v) is 18.7. The van der Waals surface area contributed by atoms with Gasteiger partial charge < -0.3 is 20.6 Å². The van der Waals surface area contributed by atoms with Gasteiger partial charge in [0.2, 0.25) is 5.91 Å². The minimum Gasteiger partial charge on any atom is -0.396 e. The number of aliphatic imine (C=N–C) groups is 1. The predicted molar refractivity (Wildman–Crippen MR) is 121 cm³/mol. The predicted octanol–water partition coefficient (Wildman–Crippen LogP) is 2.34. The number of halogens is 1.